The van der Waals surface area contributed by atoms with E-state index < -0.39 is 0 Å². The average molecular weight is 360 g/mol. The number of rotatable bonds is 12. The van der Waals surface area contributed by atoms with E-state index in [2.05, 4.69) is 43.9 Å². The van der Waals surface area contributed by atoms with Gasteiger partial charge in [0.05, 0.1) is 12.3 Å². The second-order valence-corrected chi connectivity index (χ2v) is 7.96. The molecule has 1 aliphatic rings. The Balaban J connectivity index is 2.24. The Morgan fingerprint density at radius 2 is 1.54 bits per heavy atom. The van der Waals surface area contributed by atoms with Crippen LogP contribution in [0.25, 0.3) is 0 Å². The van der Waals surface area contributed by atoms with Crippen LogP contribution < -0.4 is 9.64 Å². The molecule has 1 aliphatic carbocycles. The van der Waals surface area contributed by atoms with Gasteiger partial charge in [0, 0.05) is 13.1 Å². The zero-order valence-electron chi connectivity index (χ0n) is 17.6. The molecule has 1 fully saturated rings. The molecule has 0 heterocycles. The fourth-order valence-electron chi connectivity index (χ4n) is 3.97. The highest BCUT2D eigenvalue weighted by Gasteiger charge is 2.19. The Kier molecular flexibility index (Phi) is 9.95. The lowest BCUT2D eigenvalue weighted by Crippen LogP contribution is -2.26. The Morgan fingerprint density at radius 3 is 2.15 bits per heavy atom. The Labute approximate surface area is 162 Å². The lowest BCUT2D eigenvalue weighted by atomic mass is 9.84. The first kappa shape index (κ1) is 21.1. The number of nitrogens with zero attached hydrogens (tertiary/aromatic N) is 1. The maximum atomic E-state index is 6.22. The Hall–Kier alpha value is -1.18. The molecule has 1 aromatic carbocycles. The van der Waals surface area contributed by atoms with Crippen molar-refractivity contribution in [3.63, 3.8) is 0 Å². The number of ether oxygens (including phenoxy) is 1. The van der Waals surface area contributed by atoms with Gasteiger partial charge in [-0.15, -0.1) is 0 Å². The van der Waals surface area contributed by atoms with E-state index in [4.69, 9.17) is 4.74 Å². The van der Waals surface area contributed by atoms with Crippen molar-refractivity contribution in [2.45, 2.75) is 97.3 Å². The van der Waals surface area contributed by atoms with Gasteiger partial charge in [-0.2, -0.15) is 0 Å². The molecule has 0 aromatic heterocycles. The Bertz CT molecular complexity index is 485. The fourth-order valence-corrected chi connectivity index (χ4v) is 3.97. The van der Waals surface area contributed by atoms with E-state index in [1.54, 1.807) is 5.56 Å². The molecule has 0 unspecified atom stereocenters. The smallest absolute Gasteiger partial charge is 0.142 e. The molecule has 148 valence electrons. The molecular weight excluding hydrogens is 318 g/mol. The van der Waals surface area contributed by atoms with Crippen molar-refractivity contribution in [3.05, 3.63) is 23.8 Å². The third-order valence-electron chi connectivity index (χ3n) is 5.72. The van der Waals surface area contributed by atoms with Crippen molar-refractivity contribution in [2.24, 2.45) is 0 Å². The van der Waals surface area contributed by atoms with Crippen LogP contribution in [0.5, 0.6) is 5.75 Å². The molecule has 0 aliphatic heterocycles. The lowest BCUT2D eigenvalue weighted by molar-refractivity contribution is 0.309. The highest BCUT2D eigenvalue weighted by molar-refractivity contribution is 5.60. The number of hydrogen-bond acceptors (Lipinski definition) is 2. The van der Waals surface area contributed by atoms with Gasteiger partial charge in [0.2, 0.25) is 0 Å². The summed E-state index contributed by atoms with van der Waals surface area (Å²) in [7, 11) is 0. The molecule has 0 bridgehead atoms. The predicted molar refractivity (Wildman–Crippen MR) is 115 cm³/mol. The molecule has 2 nitrogen and oxygen atoms in total. The largest absolute Gasteiger partial charge is 0.491 e. The van der Waals surface area contributed by atoms with Crippen LogP contribution in [0.2, 0.25) is 0 Å². The monoisotopic (exact) mass is 359 g/mol. The van der Waals surface area contributed by atoms with Crippen LogP contribution in [0.3, 0.4) is 0 Å². The summed E-state index contributed by atoms with van der Waals surface area (Å²) in [6.45, 7) is 9.93. The van der Waals surface area contributed by atoms with E-state index in [-0.39, 0.29) is 0 Å². The molecule has 2 rings (SSSR count). The Morgan fingerprint density at radius 1 is 0.885 bits per heavy atom. The van der Waals surface area contributed by atoms with Crippen LogP contribution in [0.1, 0.15) is 103 Å². The van der Waals surface area contributed by atoms with Crippen LogP contribution in [-0.2, 0) is 0 Å². The number of benzene rings is 1. The van der Waals surface area contributed by atoms with Gasteiger partial charge in [-0.05, 0) is 55.7 Å². The fraction of sp³-hybridized carbons (Fsp3) is 0.750. The zero-order chi connectivity index (χ0) is 18.6. The van der Waals surface area contributed by atoms with Crippen molar-refractivity contribution in [1.29, 1.82) is 0 Å². The zero-order valence-corrected chi connectivity index (χ0v) is 17.6. The molecular formula is C24H41NO. The van der Waals surface area contributed by atoms with E-state index in [1.807, 2.05) is 0 Å². The maximum Gasteiger partial charge on any atom is 0.142 e. The van der Waals surface area contributed by atoms with Crippen molar-refractivity contribution in [2.75, 3.05) is 24.6 Å². The summed E-state index contributed by atoms with van der Waals surface area (Å²) >= 11 is 0. The van der Waals surface area contributed by atoms with Crippen molar-refractivity contribution in [1.82, 2.24) is 0 Å². The summed E-state index contributed by atoms with van der Waals surface area (Å²) in [6, 6.07) is 7.08. The van der Waals surface area contributed by atoms with Gasteiger partial charge < -0.3 is 9.64 Å². The molecule has 0 N–H and O–H groups in total. The highest BCUT2D eigenvalue weighted by Crippen LogP contribution is 2.38. The van der Waals surface area contributed by atoms with Gasteiger partial charge in [-0.1, -0.05) is 65.4 Å². The molecule has 1 aromatic rings. The van der Waals surface area contributed by atoms with Gasteiger partial charge in [0.15, 0.2) is 0 Å². The molecule has 1 saturated carbocycles. The number of hydrogen-bond donors (Lipinski definition) is 0. The number of unbranched alkanes of at least 4 members (excludes halogenated alkanes) is 3. The molecule has 0 spiro atoms. The topological polar surface area (TPSA) is 12.5 Å². The molecule has 2 heteroatoms. The normalized spacial score (nSPS) is 15.2. The first-order valence-electron chi connectivity index (χ1n) is 11.3. The summed E-state index contributed by atoms with van der Waals surface area (Å²) < 4.78 is 6.22. The molecule has 0 atom stereocenters. The summed E-state index contributed by atoms with van der Waals surface area (Å²) in [5.41, 5.74) is 2.90. The van der Waals surface area contributed by atoms with E-state index in [1.165, 1.54) is 69.9 Å². The van der Waals surface area contributed by atoms with Crippen LogP contribution in [0.15, 0.2) is 18.2 Å². The first-order valence-corrected chi connectivity index (χ1v) is 11.3. The maximum absolute atomic E-state index is 6.22. The molecule has 26 heavy (non-hydrogen) atoms. The summed E-state index contributed by atoms with van der Waals surface area (Å²) in [4.78, 5) is 2.60. The van der Waals surface area contributed by atoms with Crippen molar-refractivity contribution >= 4 is 5.69 Å². The lowest BCUT2D eigenvalue weighted by Gasteiger charge is -2.29. The minimum Gasteiger partial charge on any atom is -0.491 e. The summed E-state index contributed by atoms with van der Waals surface area (Å²) in [5.74, 6) is 1.86. The third kappa shape index (κ3) is 6.52. The van der Waals surface area contributed by atoms with Gasteiger partial charge in [-0.3, -0.25) is 0 Å². The second-order valence-electron chi connectivity index (χ2n) is 7.96. The molecule has 0 amide bonds. The second kappa shape index (κ2) is 12.3. The van der Waals surface area contributed by atoms with Crippen LogP contribution >= 0.6 is 0 Å². The predicted octanol–water partition coefficient (Wildman–Crippen LogP) is 7.32. The van der Waals surface area contributed by atoms with Crippen LogP contribution in [-0.4, -0.2) is 19.7 Å². The average Bonchev–Trinajstić information content (AvgIpc) is 2.69. The third-order valence-corrected chi connectivity index (χ3v) is 5.72. The quantitative estimate of drug-likeness (QED) is 0.362. The summed E-state index contributed by atoms with van der Waals surface area (Å²) in [5, 5.41) is 0. The van der Waals surface area contributed by atoms with Gasteiger partial charge in [0.1, 0.15) is 5.75 Å². The minimum atomic E-state index is 0.756. The molecule has 0 saturated heterocycles. The first-order chi connectivity index (χ1) is 12.8. The molecule has 0 radical (unpaired) electrons. The van der Waals surface area contributed by atoms with Gasteiger partial charge >= 0.3 is 0 Å². The van der Waals surface area contributed by atoms with Gasteiger partial charge in [-0.25, -0.2) is 0 Å². The van der Waals surface area contributed by atoms with Gasteiger partial charge in [0.25, 0.3) is 0 Å². The van der Waals surface area contributed by atoms with Crippen LogP contribution in [0.4, 0.5) is 5.69 Å². The summed E-state index contributed by atoms with van der Waals surface area (Å²) in [6.07, 6.45) is 14.2. The minimum absolute atomic E-state index is 0.756. The van der Waals surface area contributed by atoms with E-state index in [9.17, 15) is 0 Å². The van der Waals surface area contributed by atoms with Crippen molar-refractivity contribution < 1.29 is 4.74 Å². The standard InChI is InChI=1S/C24H41NO/c1-4-7-17-25(18-8-5-2)23-20-22(21-13-11-10-12-14-21)15-16-24(23)26-19-9-6-3/h15-16,20-21H,4-14,17-19H2,1-3H3. The van der Waals surface area contributed by atoms with Crippen LogP contribution in [0, 0.1) is 0 Å². The van der Waals surface area contributed by atoms with E-state index in [0.29, 0.717) is 0 Å². The SMILES string of the molecule is CCCCOc1ccc(C2CCCCC2)cc1N(CCCC)CCCC. The van der Waals surface area contributed by atoms with Crippen molar-refractivity contribution in [3.8, 4) is 5.75 Å². The van der Waals surface area contributed by atoms with E-state index in [0.717, 1.165) is 37.8 Å². The highest BCUT2D eigenvalue weighted by atomic mass is 16.5. The van der Waals surface area contributed by atoms with E-state index >= 15 is 0 Å². The number of anilines is 1.